The molecule has 1 amide bonds. The molecule has 4 N–H and O–H groups in total. The van der Waals surface area contributed by atoms with Crippen molar-refractivity contribution in [1.82, 2.24) is 4.98 Å². The highest BCUT2D eigenvalue weighted by atomic mass is 16.5. The summed E-state index contributed by atoms with van der Waals surface area (Å²) in [5, 5.41) is 23.8. The average Bonchev–Trinajstić information content (AvgIpc) is 2.89. The smallest absolute Gasteiger partial charge is 0.294 e. The Bertz CT molecular complexity index is 1290. The summed E-state index contributed by atoms with van der Waals surface area (Å²) < 4.78 is 15.8. The van der Waals surface area contributed by atoms with Crippen molar-refractivity contribution >= 4 is 28.6 Å². The van der Waals surface area contributed by atoms with Crippen LogP contribution in [0, 0.1) is 0 Å². The number of carbonyl (C=O) groups is 1. The molecule has 0 aliphatic carbocycles. The molecule has 9 heteroatoms. The molecule has 3 rings (SSSR count). The third kappa shape index (κ3) is 7.19. The number of phenols is 1. The highest BCUT2D eigenvalue weighted by Gasteiger charge is 2.14. The monoisotopic (exact) mass is 510 g/mol. The lowest BCUT2D eigenvalue weighted by molar-refractivity contribution is -0.111. The molecule has 0 aliphatic heterocycles. The normalized spacial score (nSPS) is 11.1. The molecule has 0 bridgehead atoms. The van der Waals surface area contributed by atoms with Gasteiger partial charge in [0.25, 0.3) is 5.56 Å². The predicted octanol–water partition coefficient (Wildman–Crippen LogP) is 5.35. The number of fused-ring (bicyclic) bond motifs is 1. The van der Waals surface area contributed by atoms with E-state index in [2.05, 4.69) is 17.2 Å². The number of aromatic amines is 1. The van der Waals surface area contributed by atoms with Gasteiger partial charge in [-0.15, -0.1) is 0 Å². The number of rotatable bonds is 13. The fourth-order valence-corrected chi connectivity index (χ4v) is 3.90. The SMILES string of the molecule is CCCCCCCCOc1c(O)c2ccc(NC(=O)/C=C/c3cc(OC)c(O)c(OC)c3)cc2[nH]c1=O. The minimum Gasteiger partial charge on any atom is -0.504 e. The van der Waals surface area contributed by atoms with Crippen LogP contribution in [0.1, 0.15) is 51.0 Å². The number of nitrogens with one attached hydrogen (secondary N) is 2. The Morgan fingerprint density at radius 3 is 2.32 bits per heavy atom. The number of phenolic OH excluding ortho intramolecular Hbond substituents is 1. The molecule has 2 aromatic carbocycles. The highest BCUT2D eigenvalue weighted by molar-refractivity contribution is 6.03. The lowest BCUT2D eigenvalue weighted by Crippen LogP contribution is -2.13. The summed E-state index contributed by atoms with van der Waals surface area (Å²) in [6.07, 6.45) is 9.39. The van der Waals surface area contributed by atoms with Crippen molar-refractivity contribution in [2.75, 3.05) is 26.1 Å². The van der Waals surface area contributed by atoms with Gasteiger partial charge in [0.15, 0.2) is 17.2 Å². The van der Waals surface area contributed by atoms with Crippen molar-refractivity contribution in [2.45, 2.75) is 45.4 Å². The Morgan fingerprint density at radius 1 is 0.973 bits per heavy atom. The largest absolute Gasteiger partial charge is 0.504 e. The number of amides is 1. The second-order valence-electron chi connectivity index (χ2n) is 8.61. The molecular weight excluding hydrogens is 476 g/mol. The second-order valence-corrected chi connectivity index (χ2v) is 8.61. The maximum atomic E-state index is 12.5. The quantitative estimate of drug-likeness (QED) is 0.180. The van der Waals surface area contributed by atoms with Gasteiger partial charge in [0.1, 0.15) is 0 Å². The molecule has 0 spiro atoms. The van der Waals surface area contributed by atoms with E-state index in [1.54, 1.807) is 36.4 Å². The minimum absolute atomic E-state index is 0.0967. The maximum Gasteiger partial charge on any atom is 0.294 e. The molecule has 1 heterocycles. The number of ether oxygens (including phenoxy) is 3. The van der Waals surface area contributed by atoms with Crippen LogP contribution in [0.3, 0.4) is 0 Å². The molecule has 9 nitrogen and oxygen atoms in total. The summed E-state index contributed by atoms with van der Waals surface area (Å²) in [4.78, 5) is 27.7. The third-order valence-electron chi connectivity index (χ3n) is 5.89. The van der Waals surface area contributed by atoms with Crippen LogP contribution >= 0.6 is 0 Å². The molecule has 0 fully saturated rings. The molecule has 198 valence electrons. The number of hydrogen-bond donors (Lipinski definition) is 4. The topological polar surface area (TPSA) is 130 Å². The van der Waals surface area contributed by atoms with Crippen molar-refractivity contribution in [1.29, 1.82) is 0 Å². The number of aromatic nitrogens is 1. The van der Waals surface area contributed by atoms with E-state index in [1.165, 1.54) is 39.6 Å². The molecule has 37 heavy (non-hydrogen) atoms. The van der Waals surface area contributed by atoms with E-state index in [0.717, 1.165) is 19.3 Å². The van der Waals surface area contributed by atoms with Gasteiger partial charge >= 0.3 is 0 Å². The molecule has 0 saturated heterocycles. The Morgan fingerprint density at radius 2 is 1.65 bits per heavy atom. The number of anilines is 1. The molecular formula is C28H34N2O7. The van der Waals surface area contributed by atoms with E-state index in [9.17, 15) is 19.8 Å². The number of methoxy groups -OCH3 is 2. The van der Waals surface area contributed by atoms with Gasteiger partial charge in [-0.1, -0.05) is 39.0 Å². The van der Waals surface area contributed by atoms with Crippen molar-refractivity contribution in [3.63, 3.8) is 0 Å². The Labute approximate surface area is 215 Å². The zero-order chi connectivity index (χ0) is 26.8. The van der Waals surface area contributed by atoms with Gasteiger partial charge in [0.05, 0.1) is 26.3 Å². The molecule has 0 saturated carbocycles. The first-order valence-corrected chi connectivity index (χ1v) is 12.3. The van der Waals surface area contributed by atoms with Gasteiger partial charge in [0, 0.05) is 17.1 Å². The van der Waals surface area contributed by atoms with Crippen LogP contribution in [-0.2, 0) is 4.79 Å². The fourth-order valence-electron chi connectivity index (χ4n) is 3.90. The van der Waals surface area contributed by atoms with Gasteiger partial charge in [-0.3, -0.25) is 9.59 Å². The van der Waals surface area contributed by atoms with E-state index in [4.69, 9.17) is 14.2 Å². The van der Waals surface area contributed by atoms with Crippen LogP contribution in [0.25, 0.3) is 17.0 Å². The Balaban J connectivity index is 1.67. The van der Waals surface area contributed by atoms with Gasteiger partial charge in [-0.05, 0) is 48.4 Å². The van der Waals surface area contributed by atoms with Crippen LogP contribution < -0.4 is 25.1 Å². The molecule has 0 atom stereocenters. The van der Waals surface area contributed by atoms with E-state index in [-0.39, 0.29) is 28.7 Å². The summed E-state index contributed by atoms with van der Waals surface area (Å²) >= 11 is 0. The van der Waals surface area contributed by atoms with Gasteiger partial charge < -0.3 is 34.7 Å². The lowest BCUT2D eigenvalue weighted by Gasteiger charge is -2.11. The molecule has 0 radical (unpaired) electrons. The predicted molar refractivity (Wildman–Crippen MR) is 144 cm³/mol. The highest BCUT2D eigenvalue weighted by Crippen LogP contribution is 2.37. The standard InChI is InChI=1S/C28H34N2O7/c1-4-5-6-7-8-9-14-37-27-25(32)20-12-11-19(17-21(20)30-28(27)34)29-24(31)13-10-18-15-22(35-2)26(33)23(16-18)36-3/h10-13,15-17,33H,4-9,14H2,1-3H3,(H,29,31)(H2,30,32,34)/b13-10+. The lowest BCUT2D eigenvalue weighted by atomic mass is 10.1. The summed E-state index contributed by atoms with van der Waals surface area (Å²) in [7, 11) is 2.84. The fraction of sp³-hybridized carbons (Fsp3) is 0.357. The summed E-state index contributed by atoms with van der Waals surface area (Å²) in [6, 6.07) is 7.92. The second kappa shape index (κ2) is 13.2. The Hall–Kier alpha value is -4.14. The minimum atomic E-state index is -0.533. The molecule has 0 aliphatic rings. The number of aromatic hydroxyl groups is 2. The molecule has 3 aromatic rings. The van der Waals surface area contributed by atoms with Gasteiger partial charge in [0.2, 0.25) is 17.4 Å². The number of H-pyrrole nitrogens is 1. The summed E-state index contributed by atoms with van der Waals surface area (Å²) in [5.74, 6) is -0.439. The van der Waals surface area contributed by atoms with Crippen molar-refractivity contribution in [3.8, 4) is 28.7 Å². The van der Waals surface area contributed by atoms with E-state index in [0.29, 0.717) is 28.8 Å². The molecule has 0 unspecified atom stereocenters. The van der Waals surface area contributed by atoms with E-state index in [1.807, 2.05) is 0 Å². The maximum absolute atomic E-state index is 12.5. The van der Waals surface area contributed by atoms with Crippen LogP contribution in [-0.4, -0.2) is 41.9 Å². The Kier molecular flexibility index (Phi) is 9.83. The van der Waals surface area contributed by atoms with Crippen LogP contribution in [0.4, 0.5) is 5.69 Å². The summed E-state index contributed by atoms with van der Waals surface area (Å²) in [5.41, 5.74) is 0.848. The zero-order valence-electron chi connectivity index (χ0n) is 21.4. The first-order chi connectivity index (χ1) is 17.9. The van der Waals surface area contributed by atoms with Crippen LogP contribution in [0.5, 0.6) is 28.7 Å². The third-order valence-corrected chi connectivity index (χ3v) is 5.89. The molecule has 1 aromatic heterocycles. The first-order valence-electron chi connectivity index (χ1n) is 12.3. The van der Waals surface area contributed by atoms with Crippen molar-refractivity contribution < 1.29 is 29.2 Å². The number of benzene rings is 2. The average molecular weight is 511 g/mol. The van der Waals surface area contributed by atoms with Gasteiger partial charge in [-0.25, -0.2) is 0 Å². The van der Waals surface area contributed by atoms with Crippen molar-refractivity contribution in [3.05, 3.63) is 52.3 Å². The van der Waals surface area contributed by atoms with Crippen LogP contribution in [0.15, 0.2) is 41.2 Å². The summed E-state index contributed by atoms with van der Waals surface area (Å²) in [6.45, 7) is 2.52. The van der Waals surface area contributed by atoms with Gasteiger partial charge in [-0.2, -0.15) is 0 Å². The van der Waals surface area contributed by atoms with E-state index < -0.39 is 11.5 Å². The zero-order valence-corrected chi connectivity index (χ0v) is 21.4. The van der Waals surface area contributed by atoms with Crippen LogP contribution in [0.2, 0.25) is 0 Å². The van der Waals surface area contributed by atoms with E-state index >= 15 is 0 Å². The number of hydrogen-bond acceptors (Lipinski definition) is 7. The van der Waals surface area contributed by atoms with Crippen molar-refractivity contribution in [2.24, 2.45) is 0 Å². The number of carbonyl (C=O) groups excluding carboxylic acids is 1. The number of unbranched alkanes of at least 4 members (excludes halogenated alkanes) is 5. The first kappa shape index (κ1) is 27.4. The number of pyridine rings is 1.